The zero-order valence-electron chi connectivity index (χ0n) is 16.7. The van der Waals surface area contributed by atoms with E-state index < -0.39 is 0 Å². The molecule has 7 heteroatoms. The molecule has 0 bridgehead atoms. The van der Waals surface area contributed by atoms with E-state index in [9.17, 15) is 9.18 Å². The van der Waals surface area contributed by atoms with E-state index in [4.69, 9.17) is 0 Å². The molecule has 2 rings (SSSR count). The van der Waals surface area contributed by atoms with Crippen molar-refractivity contribution in [3.63, 3.8) is 0 Å². The van der Waals surface area contributed by atoms with Crippen LogP contribution in [0.5, 0.6) is 0 Å². The van der Waals surface area contributed by atoms with Crippen LogP contribution in [0.15, 0.2) is 29.3 Å². The maximum atomic E-state index is 13.1. The van der Waals surface area contributed by atoms with Crippen LogP contribution in [0.1, 0.15) is 27.2 Å². The Balaban J connectivity index is 1.89. The fourth-order valence-corrected chi connectivity index (χ4v) is 3.25. The zero-order valence-corrected chi connectivity index (χ0v) is 16.7. The van der Waals surface area contributed by atoms with Crippen LogP contribution in [0.25, 0.3) is 0 Å². The minimum absolute atomic E-state index is 0.153. The number of hydrogen-bond donors (Lipinski definition) is 1. The number of amides is 1. The lowest BCUT2D eigenvalue weighted by Gasteiger charge is -2.37. The highest BCUT2D eigenvalue weighted by molar-refractivity contribution is 5.81. The van der Waals surface area contributed by atoms with Gasteiger partial charge in [0.25, 0.3) is 0 Å². The maximum Gasteiger partial charge on any atom is 0.224 e. The fourth-order valence-electron chi connectivity index (χ4n) is 3.25. The van der Waals surface area contributed by atoms with Crippen molar-refractivity contribution in [1.29, 1.82) is 0 Å². The van der Waals surface area contributed by atoms with Crippen LogP contribution in [-0.4, -0.2) is 74.0 Å². The first-order valence-electron chi connectivity index (χ1n) is 9.90. The van der Waals surface area contributed by atoms with Gasteiger partial charge in [-0.1, -0.05) is 0 Å². The van der Waals surface area contributed by atoms with E-state index in [1.807, 2.05) is 37.8 Å². The smallest absolute Gasteiger partial charge is 0.224 e. The van der Waals surface area contributed by atoms with Crippen LogP contribution in [0.4, 0.5) is 10.1 Å². The molecule has 150 valence electrons. The molecule has 1 aliphatic heterocycles. The Morgan fingerprint density at radius 3 is 2.30 bits per heavy atom. The monoisotopic (exact) mass is 377 g/mol. The Morgan fingerprint density at radius 2 is 1.74 bits per heavy atom. The van der Waals surface area contributed by atoms with Crippen molar-refractivity contribution in [2.75, 3.05) is 57.3 Å². The summed E-state index contributed by atoms with van der Waals surface area (Å²) >= 11 is 0. The molecule has 0 atom stereocenters. The van der Waals surface area contributed by atoms with Gasteiger partial charge in [-0.2, -0.15) is 0 Å². The number of halogens is 1. The van der Waals surface area contributed by atoms with Gasteiger partial charge in [-0.15, -0.1) is 0 Å². The van der Waals surface area contributed by atoms with Crippen LogP contribution in [0.2, 0.25) is 0 Å². The van der Waals surface area contributed by atoms with Crippen molar-refractivity contribution in [3.05, 3.63) is 30.1 Å². The van der Waals surface area contributed by atoms with E-state index >= 15 is 0 Å². The number of aliphatic imine (C=N–C) groups is 1. The number of nitrogens with one attached hydrogen (secondary N) is 1. The lowest BCUT2D eigenvalue weighted by atomic mass is 10.2. The summed E-state index contributed by atoms with van der Waals surface area (Å²) in [6.45, 7) is 12.2. The minimum Gasteiger partial charge on any atom is -0.368 e. The average molecular weight is 378 g/mol. The summed E-state index contributed by atoms with van der Waals surface area (Å²) in [5.74, 6) is 0.808. The van der Waals surface area contributed by atoms with Gasteiger partial charge in [0.1, 0.15) is 5.82 Å². The molecule has 1 aromatic carbocycles. The highest BCUT2D eigenvalue weighted by atomic mass is 19.1. The largest absolute Gasteiger partial charge is 0.368 e. The van der Waals surface area contributed by atoms with Crippen molar-refractivity contribution in [1.82, 2.24) is 15.1 Å². The SMILES string of the molecule is CCNC(=NCCC(=O)N(CC)CC)N1CCN(c2ccc(F)cc2)CC1. The second kappa shape index (κ2) is 10.7. The molecule has 27 heavy (non-hydrogen) atoms. The second-order valence-corrected chi connectivity index (χ2v) is 6.50. The van der Waals surface area contributed by atoms with E-state index in [1.165, 1.54) is 12.1 Å². The molecule has 1 aliphatic rings. The van der Waals surface area contributed by atoms with Crippen LogP contribution in [0.3, 0.4) is 0 Å². The summed E-state index contributed by atoms with van der Waals surface area (Å²) in [7, 11) is 0. The van der Waals surface area contributed by atoms with Gasteiger partial charge in [0.15, 0.2) is 5.96 Å². The molecule has 0 aromatic heterocycles. The lowest BCUT2D eigenvalue weighted by Crippen LogP contribution is -2.52. The van der Waals surface area contributed by atoms with E-state index in [-0.39, 0.29) is 11.7 Å². The molecule has 1 saturated heterocycles. The third kappa shape index (κ3) is 6.12. The highest BCUT2D eigenvalue weighted by Gasteiger charge is 2.20. The van der Waals surface area contributed by atoms with Crippen LogP contribution < -0.4 is 10.2 Å². The molecule has 0 saturated carbocycles. The zero-order chi connectivity index (χ0) is 19.6. The van der Waals surface area contributed by atoms with Gasteiger partial charge in [0.05, 0.1) is 6.54 Å². The third-order valence-electron chi connectivity index (χ3n) is 4.81. The number of benzene rings is 1. The number of nitrogens with zero attached hydrogens (tertiary/aromatic N) is 4. The van der Waals surface area contributed by atoms with Gasteiger partial charge in [-0.25, -0.2) is 4.39 Å². The quantitative estimate of drug-likeness (QED) is 0.585. The number of carbonyl (C=O) groups is 1. The van der Waals surface area contributed by atoms with E-state index in [1.54, 1.807) is 0 Å². The van der Waals surface area contributed by atoms with Crippen molar-refractivity contribution < 1.29 is 9.18 Å². The number of guanidine groups is 1. The third-order valence-corrected chi connectivity index (χ3v) is 4.81. The summed E-state index contributed by atoms with van der Waals surface area (Å²) in [5.41, 5.74) is 1.04. The van der Waals surface area contributed by atoms with Gasteiger partial charge in [-0.3, -0.25) is 9.79 Å². The van der Waals surface area contributed by atoms with Gasteiger partial charge >= 0.3 is 0 Å². The molecule has 0 radical (unpaired) electrons. The van der Waals surface area contributed by atoms with Crippen molar-refractivity contribution in [2.24, 2.45) is 4.99 Å². The number of piperazine rings is 1. The Kier molecular flexibility index (Phi) is 8.36. The summed E-state index contributed by atoms with van der Waals surface area (Å²) in [5, 5.41) is 3.33. The summed E-state index contributed by atoms with van der Waals surface area (Å²) in [4.78, 5) is 23.1. The number of hydrogen-bond acceptors (Lipinski definition) is 3. The molecule has 0 unspecified atom stereocenters. The van der Waals surface area contributed by atoms with Crippen molar-refractivity contribution in [3.8, 4) is 0 Å². The van der Waals surface area contributed by atoms with Gasteiger partial charge < -0.3 is 20.0 Å². The van der Waals surface area contributed by atoms with E-state index in [2.05, 4.69) is 20.1 Å². The normalized spacial score (nSPS) is 15.0. The predicted molar refractivity (Wildman–Crippen MR) is 109 cm³/mol. The molecule has 6 nitrogen and oxygen atoms in total. The topological polar surface area (TPSA) is 51.2 Å². The highest BCUT2D eigenvalue weighted by Crippen LogP contribution is 2.17. The second-order valence-electron chi connectivity index (χ2n) is 6.50. The first kappa shape index (κ1) is 21.0. The first-order valence-corrected chi connectivity index (χ1v) is 9.90. The summed E-state index contributed by atoms with van der Waals surface area (Å²) in [6, 6.07) is 6.65. The summed E-state index contributed by atoms with van der Waals surface area (Å²) in [6.07, 6.45) is 0.437. The predicted octanol–water partition coefficient (Wildman–Crippen LogP) is 2.17. The minimum atomic E-state index is -0.210. The number of carbonyl (C=O) groups excluding carboxylic acids is 1. The fraction of sp³-hybridized carbons (Fsp3) is 0.600. The number of anilines is 1. The molecule has 0 spiro atoms. The molecular weight excluding hydrogens is 345 g/mol. The maximum absolute atomic E-state index is 13.1. The van der Waals surface area contributed by atoms with Gasteiger partial charge in [0, 0.05) is 57.9 Å². The van der Waals surface area contributed by atoms with Crippen molar-refractivity contribution in [2.45, 2.75) is 27.2 Å². The summed E-state index contributed by atoms with van der Waals surface area (Å²) < 4.78 is 13.1. The molecule has 0 aliphatic carbocycles. The van der Waals surface area contributed by atoms with Gasteiger partial charge in [0.2, 0.25) is 5.91 Å². The van der Waals surface area contributed by atoms with E-state index in [0.717, 1.165) is 57.5 Å². The molecule has 1 aromatic rings. The Labute approximate surface area is 162 Å². The molecule has 1 amide bonds. The Bertz CT molecular complexity index is 607. The molecule has 1 N–H and O–H groups in total. The lowest BCUT2D eigenvalue weighted by molar-refractivity contribution is -0.130. The molecule has 1 heterocycles. The average Bonchev–Trinajstić information content (AvgIpc) is 2.69. The Morgan fingerprint density at radius 1 is 1.11 bits per heavy atom. The first-order chi connectivity index (χ1) is 13.1. The standard InChI is InChI=1S/C20H32FN5O/c1-4-22-20(23-12-11-19(27)24(5-2)6-3)26-15-13-25(14-16-26)18-9-7-17(21)8-10-18/h7-10H,4-6,11-16H2,1-3H3,(H,22,23). The van der Waals surface area contributed by atoms with Crippen LogP contribution >= 0.6 is 0 Å². The van der Waals surface area contributed by atoms with Crippen molar-refractivity contribution >= 4 is 17.6 Å². The molecular formula is C20H32FN5O. The van der Waals surface area contributed by atoms with Crippen LogP contribution in [-0.2, 0) is 4.79 Å². The van der Waals surface area contributed by atoms with Gasteiger partial charge in [-0.05, 0) is 45.0 Å². The van der Waals surface area contributed by atoms with Crippen LogP contribution in [0, 0.1) is 5.82 Å². The Hall–Kier alpha value is -2.31. The van der Waals surface area contributed by atoms with E-state index in [0.29, 0.717) is 13.0 Å². The number of rotatable bonds is 7. The molecule has 1 fully saturated rings.